The van der Waals surface area contributed by atoms with E-state index in [4.69, 9.17) is 0 Å². The Balaban J connectivity index is 2.07. The van der Waals surface area contributed by atoms with Crippen LogP contribution in [0.5, 0.6) is 0 Å². The maximum Gasteiger partial charge on any atom is 0.205 e. The lowest BCUT2D eigenvalue weighted by Crippen LogP contribution is -2.69. The first kappa shape index (κ1) is 14.3. The summed E-state index contributed by atoms with van der Waals surface area (Å²) in [6.07, 6.45) is 6.47. The summed E-state index contributed by atoms with van der Waals surface area (Å²) >= 11 is 0. The highest BCUT2D eigenvalue weighted by Crippen LogP contribution is 2.63. The van der Waals surface area contributed by atoms with E-state index in [1.807, 2.05) is 0 Å². The molecule has 1 aliphatic carbocycles. The molecule has 2 aliphatic heterocycles. The van der Waals surface area contributed by atoms with Crippen molar-refractivity contribution in [2.75, 3.05) is 5.43 Å². The molecule has 3 aliphatic rings. The molecule has 1 spiro atoms. The summed E-state index contributed by atoms with van der Waals surface area (Å²) in [5.41, 5.74) is 10.4. The number of aryl methyl sites for hydroxylation is 1. The van der Waals surface area contributed by atoms with Gasteiger partial charge < -0.3 is 0 Å². The normalized spacial score (nSPS) is 35.5. The largest absolute Gasteiger partial charge is 0.205 e. The predicted molar refractivity (Wildman–Crippen MR) is 92.7 cm³/mol. The van der Waals surface area contributed by atoms with Crippen molar-refractivity contribution in [2.24, 2.45) is 5.41 Å². The molecule has 1 fully saturated rings. The number of hydrogen-bond acceptors (Lipinski definition) is 1. The van der Waals surface area contributed by atoms with Gasteiger partial charge in [0.25, 0.3) is 0 Å². The molecular formula is C20H29N2+. The van der Waals surface area contributed by atoms with Crippen LogP contribution in [-0.2, 0) is 5.41 Å². The number of nitrogens with zero attached hydrogens (tertiary/aromatic N) is 1. The van der Waals surface area contributed by atoms with E-state index in [9.17, 15) is 0 Å². The number of anilines is 1. The van der Waals surface area contributed by atoms with Gasteiger partial charge in [-0.3, -0.25) is 0 Å². The zero-order chi connectivity index (χ0) is 15.8. The van der Waals surface area contributed by atoms with Crippen LogP contribution in [0.2, 0.25) is 0 Å². The standard InChI is InChI=1S/C20H29N2/c1-14-8-6-9-16-17(14)21-22-15(2)10-13-20(22)18(3,4)11-7-12-19(16,20)5/h6,8-9,21H,7,10-13H2,1-5H3/q+1/t19-,20-/m0/s1. The molecular weight excluding hydrogens is 268 g/mol. The third kappa shape index (κ3) is 1.40. The Hall–Kier alpha value is -1.31. The fraction of sp³-hybridized carbons (Fsp3) is 0.650. The number of rotatable bonds is 0. The molecule has 1 saturated carbocycles. The second-order valence-electron chi connectivity index (χ2n) is 8.61. The van der Waals surface area contributed by atoms with Gasteiger partial charge in [0.2, 0.25) is 5.54 Å². The van der Waals surface area contributed by atoms with Crippen LogP contribution in [0.1, 0.15) is 70.9 Å². The average Bonchev–Trinajstić information content (AvgIpc) is 2.79. The van der Waals surface area contributed by atoms with Gasteiger partial charge in [-0.05, 0) is 37.8 Å². The van der Waals surface area contributed by atoms with Crippen molar-refractivity contribution >= 4 is 11.4 Å². The predicted octanol–water partition coefficient (Wildman–Crippen LogP) is 4.81. The van der Waals surface area contributed by atoms with Crippen LogP contribution in [0.3, 0.4) is 0 Å². The van der Waals surface area contributed by atoms with Gasteiger partial charge >= 0.3 is 0 Å². The fourth-order valence-corrected chi connectivity index (χ4v) is 6.06. The average molecular weight is 297 g/mol. The van der Waals surface area contributed by atoms with E-state index >= 15 is 0 Å². The summed E-state index contributed by atoms with van der Waals surface area (Å²) in [5, 5.41) is 0. The van der Waals surface area contributed by atoms with Gasteiger partial charge in [-0.15, -0.1) is 4.68 Å². The van der Waals surface area contributed by atoms with Gasteiger partial charge in [-0.2, -0.15) is 5.43 Å². The molecule has 1 N–H and O–H groups in total. The van der Waals surface area contributed by atoms with Crippen LogP contribution < -0.4 is 5.43 Å². The molecule has 1 aromatic carbocycles. The highest BCUT2D eigenvalue weighted by atomic mass is 15.5. The van der Waals surface area contributed by atoms with E-state index in [-0.39, 0.29) is 11.0 Å². The molecule has 0 bridgehead atoms. The molecule has 0 amide bonds. The molecule has 2 atom stereocenters. The lowest BCUT2D eigenvalue weighted by Gasteiger charge is -2.57. The molecule has 0 aromatic heterocycles. The smallest absolute Gasteiger partial charge is 0.165 e. The van der Waals surface area contributed by atoms with Gasteiger partial charge in [0.15, 0.2) is 5.71 Å². The quantitative estimate of drug-likeness (QED) is 0.679. The summed E-state index contributed by atoms with van der Waals surface area (Å²) in [7, 11) is 0. The minimum atomic E-state index is 0.211. The van der Waals surface area contributed by atoms with Crippen molar-refractivity contribution < 1.29 is 4.68 Å². The van der Waals surface area contributed by atoms with Crippen molar-refractivity contribution in [3.8, 4) is 0 Å². The zero-order valence-electron chi connectivity index (χ0n) is 14.7. The highest BCUT2D eigenvalue weighted by Gasteiger charge is 2.72. The second kappa shape index (κ2) is 4.15. The Morgan fingerprint density at radius 2 is 1.82 bits per heavy atom. The molecule has 118 valence electrons. The van der Waals surface area contributed by atoms with Crippen LogP contribution in [0.4, 0.5) is 5.69 Å². The first-order valence-electron chi connectivity index (χ1n) is 8.83. The van der Waals surface area contributed by atoms with Crippen molar-refractivity contribution in [1.29, 1.82) is 0 Å². The minimum Gasteiger partial charge on any atom is -0.165 e. The molecule has 2 heteroatoms. The van der Waals surface area contributed by atoms with Crippen LogP contribution in [-0.4, -0.2) is 15.9 Å². The van der Waals surface area contributed by atoms with Gasteiger partial charge in [0.05, 0.1) is 5.41 Å². The summed E-state index contributed by atoms with van der Waals surface area (Å²) in [6, 6.07) is 6.86. The third-order valence-corrected chi connectivity index (χ3v) is 7.21. The third-order valence-electron chi connectivity index (χ3n) is 7.21. The first-order chi connectivity index (χ1) is 10.3. The van der Waals surface area contributed by atoms with Crippen LogP contribution in [0.15, 0.2) is 18.2 Å². The molecule has 0 saturated heterocycles. The van der Waals surface area contributed by atoms with Crippen LogP contribution in [0, 0.1) is 12.3 Å². The number of fused-ring (bicyclic) bond motifs is 2. The van der Waals surface area contributed by atoms with Gasteiger partial charge in [0.1, 0.15) is 5.69 Å². The number of hydrazone groups is 1. The molecule has 22 heavy (non-hydrogen) atoms. The van der Waals surface area contributed by atoms with Gasteiger partial charge in [-0.25, -0.2) is 0 Å². The number of benzene rings is 1. The Kier molecular flexibility index (Phi) is 2.70. The molecule has 2 heterocycles. The monoisotopic (exact) mass is 297 g/mol. The van der Waals surface area contributed by atoms with Crippen molar-refractivity contribution in [1.82, 2.24) is 0 Å². The summed E-state index contributed by atoms with van der Waals surface area (Å²) in [4.78, 5) is 0. The summed E-state index contributed by atoms with van der Waals surface area (Å²) in [6.45, 7) is 12.1. The first-order valence-corrected chi connectivity index (χ1v) is 8.83. The molecule has 0 radical (unpaired) electrons. The second-order valence-corrected chi connectivity index (χ2v) is 8.61. The zero-order valence-corrected chi connectivity index (χ0v) is 14.7. The number of para-hydroxylation sites is 1. The maximum atomic E-state index is 3.84. The lowest BCUT2D eigenvalue weighted by atomic mass is 9.48. The molecule has 1 aromatic rings. The van der Waals surface area contributed by atoms with E-state index in [2.05, 4.69) is 62.9 Å². The number of nitrogens with one attached hydrogen (secondary N) is 1. The Bertz CT molecular complexity index is 685. The SMILES string of the molecule is CC1=[N+]2Nc3c(C)cccc3[C@]3(C)CCCC(C)(C)[C@]23CC1. The topological polar surface area (TPSA) is 15.0 Å². The van der Waals surface area contributed by atoms with E-state index in [1.165, 1.54) is 49.1 Å². The molecule has 4 rings (SSSR count). The molecule has 2 nitrogen and oxygen atoms in total. The van der Waals surface area contributed by atoms with Gasteiger partial charge in [0, 0.05) is 25.2 Å². The van der Waals surface area contributed by atoms with Crippen LogP contribution in [0.25, 0.3) is 0 Å². The minimum absolute atomic E-state index is 0.211. The Morgan fingerprint density at radius 1 is 1.05 bits per heavy atom. The van der Waals surface area contributed by atoms with E-state index in [1.54, 1.807) is 5.56 Å². The van der Waals surface area contributed by atoms with Gasteiger partial charge in [-0.1, -0.05) is 38.5 Å². The number of hydrazine groups is 1. The van der Waals surface area contributed by atoms with E-state index in [0.29, 0.717) is 5.41 Å². The lowest BCUT2D eigenvalue weighted by molar-refractivity contribution is -0.616. The summed E-state index contributed by atoms with van der Waals surface area (Å²) in [5.74, 6) is 0. The number of hydrogen-bond donors (Lipinski definition) is 1. The van der Waals surface area contributed by atoms with Crippen molar-refractivity contribution in [3.63, 3.8) is 0 Å². The Morgan fingerprint density at radius 3 is 2.59 bits per heavy atom. The Labute approximate surface area is 134 Å². The van der Waals surface area contributed by atoms with Crippen molar-refractivity contribution in [3.05, 3.63) is 29.3 Å². The van der Waals surface area contributed by atoms with Crippen molar-refractivity contribution in [2.45, 2.75) is 77.7 Å². The van der Waals surface area contributed by atoms with E-state index in [0.717, 1.165) is 0 Å². The molecule has 0 unspecified atom stereocenters. The van der Waals surface area contributed by atoms with E-state index < -0.39 is 0 Å². The highest BCUT2D eigenvalue weighted by molar-refractivity contribution is 5.80. The van der Waals surface area contributed by atoms with Crippen LogP contribution >= 0.6 is 0 Å². The maximum absolute atomic E-state index is 3.84. The fourth-order valence-electron chi connectivity index (χ4n) is 6.06. The summed E-state index contributed by atoms with van der Waals surface area (Å²) < 4.78 is 2.58.